The number of hydrogen-bond acceptors (Lipinski definition) is 4. The topological polar surface area (TPSA) is 37.8 Å². The monoisotopic (exact) mass is 309 g/mol. The van der Waals surface area contributed by atoms with E-state index in [1.54, 1.807) is 11.3 Å². The number of nitrogens with zero attached hydrogens (tertiary/aromatic N) is 2. The largest absolute Gasteiger partial charge is 0.365 e. The molecule has 1 aliphatic carbocycles. The van der Waals surface area contributed by atoms with E-state index in [2.05, 4.69) is 42.7 Å². The van der Waals surface area contributed by atoms with Crippen LogP contribution in [0.4, 0.5) is 5.82 Å². The summed E-state index contributed by atoms with van der Waals surface area (Å²) in [6.45, 7) is 0.805. The fourth-order valence-electron chi connectivity index (χ4n) is 1.63. The van der Waals surface area contributed by atoms with Crippen molar-refractivity contribution in [3.63, 3.8) is 0 Å². The summed E-state index contributed by atoms with van der Waals surface area (Å²) in [5, 5.41) is 5.42. The van der Waals surface area contributed by atoms with Crippen LogP contribution in [0.25, 0.3) is 0 Å². The highest BCUT2D eigenvalue weighted by Crippen LogP contribution is 2.38. The van der Waals surface area contributed by atoms with Crippen LogP contribution in [0.3, 0.4) is 0 Å². The highest BCUT2D eigenvalue weighted by Gasteiger charge is 2.26. The highest BCUT2D eigenvalue weighted by molar-refractivity contribution is 9.10. The van der Waals surface area contributed by atoms with E-state index in [1.807, 2.05) is 12.3 Å². The van der Waals surface area contributed by atoms with Crippen LogP contribution in [0.15, 0.2) is 28.2 Å². The molecule has 2 heterocycles. The van der Waals surface area contributed by atoms with Crippen LogP contribution in [0, 0.1) is 0 Å². The van der Waals surface area contributed by atoms with Crippen molar-refractivity contribution in [3.8, 4) is 0 Å². The number of nitrogens with one attached hydrogen (secondary N) is 1. The minimum Gasteiger partial charge on any atom is -0.365 e. The third-order valence-electron chi connectivity index (χ3n) is 2.74. The molecule has 0 aromatic carbocycles. The second kappa shape index (κ2) is 4.74. The van der Waals surface area contributed by atoms with Crippen LogP contribution in [0.1, 0.15) is 29.5 Å². The molecule has 1 N–H and O–H groups in total. The number of halogens is 1. The molecule has 88 valence electrons. The van der Waals surface area contributed by atoms with Crippen molar-refractivity contribution in [2.24, 2.45) is 0 Å². The van der Waals surface area contributed by atoms with Gasteiger partial charge in [0, 0.05) is 21.5 Å². The van der Waals surface area contributed by atoms with Gasteiger partial charge in [0.1, 0.15) is 11.6 Å². The first-order chi connectivity index (χ1) is 8.33. The van der Waals surface area contributed by atoms with Crippen molar-refractivity contribution >= 4 is 33.1 Å². The molecule has 0 saturated heterocycles. The van der Waals surface area contributed by atoms with E-state index in [-0.39, 0.29) is 0 Å². The van der Waals surface area contributed by atoms with Crippen LogP contribution in [-0.2, 0) is 6.54 Å². The van der Waals surface area contributed by atoms with Crippen LogP contribution in [-0.4, -0.2) is 9.97 Å². The molecule has 1 saturated carbocycles. The first-order valence-electron chi connectivity index (χ1n) is 5.61. The lowest BCUT2D eigenvalue weighted by molar-refractivity contribution is 0.922. The zero-order valence-corrected chi connectivity index (χ0v) is 11.6. The smallest absolute Gasteiger partial charge is 0.133 e. The molecule has 0 aliphatic heterocycles. The first kappa shape index (κ1) is 11.2. The van der Waals surface area contributed by atoms with Crippen molar-refractivity contribution < 1.29 is 0 Å². The minimum atomic E-state index is 0.602. The van der Waals surface area contributed by atoms with E-state index in [9.17, 15) is 0 Å². The third-order valence-corrected chi connectivity index (χ3v) is 4.66. The summed E-state index contributed by atoms with van der Waals surface area (Å²) < 4.78 is 1.16. The Morgan fingerprint density at radius 1 is 1.41 bits per heavy atom. The molecule has 2 aromatic heterocycles. The third kappa shape index (κ3) is 2.66. The number of thiophene rings is 1. The van der Waals surface area contributed by atoms with Gasteiger partial charge in [-0.15, -0.1) is 11.3 Å². The van der Waals surface area contributed by atoms with Crippen molar-refractivity contribution in [3.05, 3.63) is 38.9 Å². The second-order valence-corrected chi connectivity index (χ2v) is 5.97. The molecule has 0 amide bonds. The highest BCUT2D eigenvalue weighted by atomic mass is 79.9. The van der Waals surface area contributed by atoms with Gasteiger partial charge in [-0.2, -0.15) is 0 Å². The van der Waals surface area contributed by atoms with Gasteiger partial charge >= 0.3 is 0 Å². The van der Waals surface area contributed by atoms with E-state index < -0.39 is 0 Å². The summed E-state index contributed by atoms with van der Waals surface area (Å²) in [6.07, 6.45) is 4.31. The Morgan fingerprint density at radius 3 is 3.00 bits per heavy atom. The Morgan fingerprint density at radius 2 is 2.29 bits per heavy atom. The predicted octanol–water partition coefficient (Wildman–Crippen LogP) is 3.79. The van der Waals surface area contributed by atoms with Gasteiger partial charge < -0.3 is 5.32 Å². The Balaban J connectivity index is 1.68. The number of hydrogen-bond donors (Lipinski definition) is 1. The fraction of sp³-hybridized carbons (Fsp3) is 0.333. The quantitative estimate of drug-likeness (QED) is 0.933. The molecule has 0 radical (unpaired) electrons. The van der Waals surface area contributed by atoms with Crippen molar-refractivity contribution in [1.82, 2.24) is 9.97 Å². The van der Waals surface area contributed by atoms with Crippen LogP contribution < -0.4 is 5.32 Å². The van der Waals surface area contributed by atoms with Gasteiger partial charge in [0.2, 0.25) is 0 Å². The molecule has 0 spiro atoms. The van der Waals surface area contributed by atoms with Gasteiger partial charge in [0.15, 0.2) is 0 Å². The summed E-state index contributed by atoms with van der Waals surface area (Å²) in [7, 11) is 0. The van der Waals surface area contributed by atoms with Gasteiger partial charge in [-0.05, 0) is 46.3 Å². The first-order valence-corrected chi connectivity index (χ1v) is 7.29. The lowest BCUT2D eigenvalue weighted by Crippen LogP contribution is -2.02. The van der Waals surface area contributed by atoms with Gasteiger partial charge in [0.05, 0.1) is 6.54 Å². The molecular weight excluding hydrogens is 298 g/mol. The summed E-state index contributed by atoms with van der Waals surface area (Å²) >= 11 is 5.26. The number of anilines is 1. The Bertz CT molecular complexity index is 522. The number of aromatic nitrogens is 2. The maximum Gasteiger partial charge on any atom is 0.133 e. The fourth-order valence-corrected chi connectivity index (χ4v) is 3.06. The van der Waals surface area contributed by atoms with Crippen molar-refractivity contribution in [1.29, 1.82) is 0 Å². The van der Waals surface area contributed by atoms with Crippen LogP contribution >= 0.6 is 27.3 Å². The van der Waals surface area contributed by atoms with Gasteiger partial charge in [-0.1, -0.05) is 0 Å². The normalized spacial score (nSPS) is 14.9. The van der Waals surface area contributed by atoms with Crippen molar-refractivity contribution in [2.45, 2.75) is 25.3 Å². The summed E-state index contributed by atoms with van der Waals surface area (Å²) in [4.78, 5) is 10.1. The van der Waals surface area contributed by atoms with Gasteiger partial charge in [0.25, 0.3) is 0 Å². The average Bonchev–Trinajstić information content (AvgIpc) is 3.12. The standard InChI is InChI=1S/C12H12BrN3S/c13-9-4-6-17-10(9)7-15-11-3-5-14-12(16-11)8-1-2-8/h3-6,8H,1-2,7H2,(H,14,15,16). The Hall–Kier alpha value is -0.940. The van der Waals surface area contributed by atoms with Gasteiger partial charge in [-0.25, -0.2) is 9.97 Å². The molecule has 0 bridgehead atoms. The zero-order chi connectivity index (χ0) is 11.7. The lowest BCUT2D eigenvalue weighted by Gasteiger charge is -2.05. The predicted molar refractivity (Wildman–Crippen MR) is 73.4 cm³/mol. The molecule has 2 aromatic rings. The number of rotatable bonds is 4. The minimum absolute atomic E-state index is 0.602. The van der Waals surface area contributed by atoms with E-state index in [4.69, 9.17) is 0 Å². The Labute approximate surface area is 112 Å². The molecule has 0 atom stereocenters. The van der Waals surface area contributed by atoms with E-state index in [0.717, 1.165) is 22.7 Å². The maximum atomic E-state index is 4.53. The Kier molecular flexibility index (Phi) is 3.11. The molecule has 5 heteroatoms. The SMILES string of the molecule is Brc1ccsc1CNc1ccnc(C2CC2)n1. The zero-order valence-electron chi connectivity index (χ0n) is 9.19. The van der Waals surface area contributed by atoms with Gasteiger partial charge in [-0.3, -0.25) is 0 Å². The van der Waals surface area contributed by atoms with Crippen LogP contribution in [0.5, 0.6) is 0 Å². The summed E-state index contributed by atoms with van der Waals surface area (Å²) in [6, 6.07) is 3.99. The molecular formula is C12H12BrN3S. The molecule has 0 unspecified atom stereocenters. The van der Waals surface area contributed by atoms with E-state index in [0.29, 0.717) is 5.92 Å². The molecule has 17 heavy (non-hydrogen) atoms. The molecule has 1 aliphatic rings. The summed E-state index contributed by atoms with van der Waals surface area (Å²) in [5.41, 5.74) is 0. The van der Waals surface area contributed by atoms with Crippen molar-refractivity contribution in [2.75, 3.05) is 5.32 Å². The van der Waals surface area contributed by atoms with E-state index in [1.165, 1.54) is 17.7 Å². The second-order valence-electron chi connectivity index (χ2n) is 4.12. The maximum absolute atomic E-state index is 4.53. The van der Waals surface area contributed by atoms with E-state index >= 15 is 0 Å². The van der Waals surface area contributed by atoms with Crippen LogP contribution in [0.2, 0.25) is 0 Å². The molecule has 3 nitrogen and oxygen atoms in total. The average molecular weight is 310 g/mol. The summed E-state index contributed by atoms with van der Waals surface area (Å²) in [5.74, 6) is 2.51. The molecule has 3 rings (SSSR count). The lowest BCUT2D eigenvalue weighted by atomic mass is 10.4. The molecule has 1 fully saturated rings.